The van der Waals surface area contributed by atoms with Gasteiger partial charge in [0.25, 0.3) is 10.0 Å². The molecule has 7 nitrogen and oxygen atoms in total. The van der Waals surface area contributed by atoms with Gasteiger partial charge in [-0.1, -0.05) is 35.9 Å². The van der Waals surface area contributed by atoms with Crippen LogP contribution in [-0.4, -0.2) is 43.7 Å². The number of carbonyl (C=O) groups is 2. The Labute approximate surface area is 164 Å². The molecule has 1 saturated heterocycles. The van der Waals surface area contributed by atoms with Gasteiger partial charge >= 0.3 is 0 Å². The molecule has 148 valence electrons. The minimum atomic E-state index is -4.08. The van der Waals surface area contributed by atoms with Gasteiger partial charge in [0.05, 0.1) is 11.4 Å². The first-order valence-electron chi connectivity index (χ1n) is 8.99. The molecule has 1 aliphatic heterocycles. The summed E-state index contributed by atoms with van der Waals surface area (Å²) in [5.41, 5.74) is 0.902. The summed E-state index contributed by atoms with van der Waals surface area (Å²) in [4.78, 5) is 24.8. The van der Waals surface area contributed by atoms with Crippen LogP contribution in [0.25, 0.3) is 0 Å². The Morgan fingerprint density at radius 2 is 1.82 bits per heavy atom. The van der Waals surface area contributed by atoms with Crippen molar-refractivity contribution < 1.29 is 22.7 Å². The molecule has 8 heteroatoms. The van der Waals surface area contributed by atoms with Crippen LogP contribution in [0.5, 0.6) is 5.75 Å². The largest absolute Gasteiger partial charge is 0.492 e. The van der Waals surface area contributed by atoms with Gasteiger partial charge in [-0.05, 0) is 37.6 Å². The molecule has 0 radical (unpaired) electrons. The maximum absolute atomic E-state index is 12.9. The molecule has 2 aromatic rings. The highest BCUT2D eigenvalue weighted by molar-refractivity contribution is 7.89. The minimum absolute atomic E-state index is 0.00133. The van der Waals surface area contributed by atoms with E-state index in [1.807, 2.05) is 25.1 Å². The van der Waals surface area contributed by atoms with Gasteiger partial charge in [-0.2, -0.15) is 0 Å². The molecule has 0 aliphatic carbocycles. The topological polar surface area (TPSA) is 92.8 Å². The van der Waals surface area contributed by atoms with Crippen molar-refractivity contribution in [2.24, 2.45) is 0 Å². The third-order valence-corrected chi connectivity index (χ3v) is 6.30. The third kappa shape index (κ3) is 4.33. The molecule has 3 rings (SSSR count). The average Bonchev–Trinajstić information content (AvgIpc) is 3.09. The van der Waals surface area contributed by atoms with Crippen molar-refractivity contribution in [1.82, 2.24) is 9.62 Å². The standard InChI is InChI=1S/C20H22N2O5S/c1-15-7-9-17(10-8-15)28(25,26)22-18(11-12-19(22)23)20(24)21-13-14-27-16-5-3-2-4-6-16/h2-10,18H,11-14H2,1H3,(H,21,24). The minimum Gasteiger partial charge on any atom is -0.492 e. The van der Waals surface area contributed by atoms with Gasteiger partial charge in [-0.25, -0.2) is 12.7 Å². The van der Waals surface area contributed by atoms with Crippen molar-refractivity contribution in [3.05, 3.63) is 60.2 Å². The summed E-state index contributed by atoms with van der Waals surface area (Å²) in [6, 6.07) is 14.3. The Bertz CT molecular complexity index is 942. The van der Waals surface area contributed by atoms with E-state index in [1.165, 1.54) is 12.1 Å². The number of carbonyl (C=O) groups excluding carboxylic acids is 2. The summed E-state index contributed by atoms with van der Waals surface area (Å²) in [5.74, 6) is -0.393. The van der Waals surface area contributed by atoms with Crippen LogP contribution in [0.4, 0.5) is 0 Å². The van der Waals surface area contributed by atoms with Crippen molar-refractivity contribution in [1.29, 1.82) is 0 Å². The second-order valence-electron chi connectivity index (χ2n) is 6.51. The summed E-state index contributed by atoms with van der Waals surface area (Å²) in [5, 5.41) is 2.66. The molecule has 1 unspecified atom stereocenters. The van der Waals surface area contributed by atoms with E-state index in [0.29, 0.717) is 10.1 Å². The summed E-state index contributed by atoms with van der Waals surface area (Å²) in [7, 11) is -4.08. The lowest BCUT2D eigenvalue weighted by atomic mass is 10.2. The molecule has 0 aromatic heterocycles. The molecule has 0 saturated carbocycles. The van der Waals surface area contributed by atoms with Gasteiger partial charge in [0.1, 0.15) is 18.4 Å². The molecule has 1 heterocycles. The SMILES string of the molecule is Cc1ccc(S(=O)(=O)N2C(=O)CCC2C(=O)NCCOc2ccccc2)cc1. The van der Waals surface area contributed by atoms with Crippen molar-refractivity contribution in [3.8, 4) is 5.75 Å². The molecular formula is C20H22N2O5S. The van der Waals surface area contributed by atoms with E-state index in [9.17, 15) is 18.0 Å². The summed E-state index contributed by atoms with van der Waals surface area (Å²) in [6.45, 7) is 2.28. The Morgan fingerprint density at radius 1 is 1.14 bits per heavy atom. The van der Waals surface area contributed by atoms with Crippen molar-refractivity contribution in [2.45, 2.75) is 30.7 Å². The number of aryl methyl sites for hydroxylation is 1. The molecule has 1 aliphatic rings. The average molecular weight is 402 g/mol. The number of ether oxygens (including phenoxy) is 1. The smallest absolute Gasteiger partial charge is 0.267 e. The fraction of sp³-hybridized carbons (Fsp3) is 0.300. The highest BCUT2D eigenvalue weighted by Crippen LogP contribution is 2.27. The number of hydrogen-bond donors (Lipinski definition) is 1. The van der Waals surface area contributed by atoms with E-state index in [2.05, 4.69) is 5.32 Å². The van der Waals surface area contributed by atoms with Crippen LogP contribution in [0, 0.1) is 6.92 Å². The maximum atomic E-state index is 12.9. The summed E-state index contributed by atoms with van der Waals surface area (Å²) >= 11 is 0. The number of hydrogen-bond acceptors (Lipinski definition) is 5. The number of para-hydroxylation sites is 1. The van der Waals surface area contributed by atoms with E-state index < -0.39 is 27.9 Å². The lowest BCUT2D eigenvalue weighted by Crippen LogP contribution is -2.48. The molecule has 0 bridgehead atoms. The van der Waals surface area contributed by atoms with Crippen molar-refractivity contribution in [2.75, 3.05) is 13.2 Å². The van der Waals surface area contributed by atoms with E-state index in [-0.39, 0.29) is 30.9 Å². The predicted octanol–water partition coefficient (Wildman–Crippen LogP) is 1.87. The zero-order chi connectivity index (χ0) is 20.1. The Kier molecular flexibility index (Phi) is 5.99. The molecular weight excluding hydrogens is 380 g/mol. The fourth-order valence-corrected chi connectivity index (χ4v) is 4.60. The van der Waals surface area contributed by atoms with Crippen LogP contribution in [0.2, 0.25) is 0 Å². The number of nitrogens with zero attached hydrogens (tertiary/aromatic N) is 1. The van der Waals surface area contributed by atoms with Crippen molar-refractivity contribution >= 4 is 21.8 Å². The van der Waals surface area contributed by atoms with Gasteiger partial charge < -0.3 is 10.1 Å². The molecule has 1 N–H and O–H groups in total. The van der Waals surface area contributed by atoms with Crippen LogP contribution in [0.15, 0.2) is 59.5 Å². The number of rotatable bonds is 7. The third-order valence-electron chi connectivity index (χ3n) is 4.45. The normalized spacial score (nSPS) is 16.8. The zero-order valence-corrected chi connectivity index (χ0v) is 16.3. The second-order valence-corrected chi connectivity index (χ2v) is 8.33. The monoisotopic (exact) mass is 402 g/mol. The van der Waals surface area contributed by atoms with Crippen LogP contribution >= 0.6 is 0 Å². The lowest BCUT2D eigenvalue weighted by Gasteiger charge is -2.23. The van der Waals surface area contributed by atoms with Crippen LogP contribution in [0.1, 0.15) is 18.4 Å². The van der Waals surface area contributed by atoms with E-state index >= 15 is 0 Å². The van der Waals surface area contributed by atoms with Crippen LogP contribution in [-0.2, 0) is 19.6 Å². The van der Waals surface area contributed by atoms with Gasteiger partial charge in [0, 0.05) is 6.42 Å². The number of benzene rings is 2. The quantitative estimate of drug-likeness (QED) is 0.714. The van der Waals surface area contributed by atoms with E-state index in [0.717, 1.165) is 5.56 Å². The highest BCUT2D eigenvalue weighted by atomic mass is 32.2. The maximum Gasteiger partial charge on any atom is 0.267 e. The lowest BCUT2D eigenvalue weighted by molar-refractivity contribution is -0.130. The first kappa shape index (κ1) is 19.9. The first-order valence-corrected chi connectivity index (χ1v) is 10.4. The van der Waals surface area contributed by atoms with Gasteiger partial charge in [0.15, 0.2) is 0 Å². The molecule has 1 fully saturated rings. The summed E-state index contributed by atoms with van der Waals surface area (Å²) < 4.78 is 32.0. The fourth-order valence-electron chi connectivity index (χ4n) is 3.00. The number of amides is 2. The predicted molar refractivity (Wildman–Crippen MR) is 103 cm³/mol. The molecule has 2 amide bonds. The molecule has 1 atom stereocenters. The molecule has 28 heavy (non-hydrogen) atoms. The molecule has 0 spiro atoms. The van der Waals surface area contributed by atoms with Gasteiger partial charge in [0.2, 0.25) is 11.8 Å². The Hall–Kier alpha value is -2.87. The van der Waals surface area contributed by atoms with Crippen LogP contribution in [0.3, 0.4) is 0 Å². The highest BCUT2D eigenvalue weighted by Gasteiger charge is 2.44. The first-order chi connectivity index (χ1) is 13.4. The van der Waals surface area contributed by atoms with E-state index in [4.69, 9.17) is 4.74 Å². The number of sulfonamides is 1. The Balaban J connectivity index is 1.64. The van der Waals surface area contributed by atoms with Crippen molar-refractivity contribution in [3.63, 3.8) is 0 Å². The zero-order valence-electron chi connectivity index (χ0n) is 15.5. The number of nitrogens with one attached hydrogen (secondary N) is 1. The van der Waals surface area contributed by atoms with E-state index in [1.54, 1.807) is 24.3 Å². The molecule has 2 aromatic carbocycles. The van der Waals surface area contributed by atoms with Crippen LogP contribution < -0.4 is 10.1 Å². The summed E-state index contributed by atoms with van der Waals surface area (Å²) in [6.07, 6.45) is 0.180. The van der Waals surface area contributed by atoms with Gasteiger partial charge in [-0.15, -0.1) is 0 Å². The second kappa shape index (κ2) is 8.43. The van der Waals surface area contributed by atoms with Gasteiger partial charge in [-0.3, -0.25) is 9.59 Å². The Morgan fingerprint density at radius 3 is 2.50 bits per heavy atom.